The van der Waals surface area contributed by atoms with Crippen LogP contribution in [0.3, 0.4) is 0 Å². The summed E-state index contributed by atoms with van der Waals surface area (Å²) in [7, 11) is 0. The summed E-state index contributed by atoms with van der Waals surface area (Å²) in [5.41, 5.74) is 8.30. The Bertz CT molecular complexity index is 735. The van der Waals surface area contributed by atoms with E-state index < -0.39 is 0 Å². The van der Waals surface area contributed by atoms with E-state index in [1.165, 1.54) is 21.7 Å². The molecule has 0 aliphatic carbocycles. The molecule has 0 spiro atoms. The molecule has 0 aliphatic rings. The van der Waals surface area contributed by atoms with Crippen LogP contribution in [0.15, 0.2) is 53.9 Å². The van der Waals surface area contributed by atoms with Crippen LogP contribution >= 0.6 is 11.3 Å². The summed E-state index contributed by atoms with van der Waals surface area (Å²) in [6, 6.07) is 15.3. The predicted molar refractivity (Wildman–Crippen MR) is 88.2 cm³/mol. The number of hydrogen-bond acceptors (Lipinski definition) is 2. The second kappa shape index (κ2) is 6.37. The van der Waals surface area contributed by atoms with Crippen molar-refractivity contribution in [3.8, 4) is 0 Å². The fourth-order valence-electron chi connectivity index (χ4n) is 2.74. The maximum Gasteiger partial charge on any atom is 0.123 e. The molecule has 3 heteroatoms. The van der Waals surface area contributed by atoms with Gasteiger partial charge in [-0.1, -0.05) is 30.3 Å². The maximum atomic E-state index is 13.3. The number of thiophene rings is 1. The zero-order chi connectivity index (χ0) is 14.7. The number of halogens is 1. The summed E-state index contributed by atoms with van der Waals surface area (Å²) >= 11 is 1.77. The molecule has 0 bridgehead atoms. The molecule has 2 N–H and O–H groups in total. The molecular weight excluding hydrogens is 281 g/mol. The molecule has 1 unspecified atom stereocenters. The molecule has 1 aromatic heterocycles. The molecule has 3 rings (SSSR count). The molecule has 0 saturated heterocycles. The van der Waals surface area contributed by atoms with Crippen LogP contribution in [0, 0.1) is 11.7 Å². The largest absolute Gasteiger partial charge is 0.330 e. The van der Waals surface area contributed by atoms with E-state index in [2.05, 4.69) is 29.6 Å². The van der Waals surface area contributed by atoms with Crippen molar-refractivity contribution in [2.75, 3.05) is 6.54 Å². The van der Waals surface area contributed by atoms with Crippen molar-refractivity contribution in [1.29, 1.82) is 0 Å². The van der Waals surface area contributed by atoms with Crippen LogP contribution in [0.5, 0.6) is 0 Å². The standard InChI is InChI=1S/C18H18FNS/c19-16-5-3-4-13(10-16)8-14(11-20)9-15-12-21-18-7-2-1-6-17(15)18/h1-7,10,12,14H,8-9,11,20H2. The van der Waals surface area contributed by atoms with Crippen molar-refractivity contribution in [3.63, 3.8) is 0 Å². The van der Waals surface area contributed by atoms with Gasteiger partial charge >= 0.3 is 0 Å². The highest BCUT2D eigenvalue weighted by Crippen LogP contribution is 2.28. The third-order valence-corrected chi connectivity index (χ3v) is 4.83. The smallest absolute Gasteiger partial charge is 0.123 e. The summed E-state index contributed by atoms with van der Waals surface area (Å²) in [6.45, 7) is 0.612. The van der Waals surface area contributed by atoms with Gasteiger partial charge in [-0.25, -0.2) is 4.39 Å². The van der Waals surface area contributed by atoms with Gasteiger partial charge in [-0.15, -0.1) is 11.3 Å². The minimum atomic E-state index is -0.177. The summed E-state index contributed by atoms with van der Waals surface area (Å²) in [5, 5.41) is 3.54. The number of rotatable bonds is 5. The van der Waals surface area contributed by atoms with Crippen molar-refractivity contribution in [2.24, 2.45) is 11.7 Å². The van der Waals surface area contributed by atoms with Crippen LogP contribution in [0.1, 0.15) is 11.1 Å². The first-order valence-electron chi connectivity index (χ1n) is 7.16. The lowest BCUT2D eigenvalue weighted by atomic mass is 9.92. The molecule has 2 aromatic carbocycles. The lowest BCUT2D eigenvalue weighted by molar-refractivity contribution is 0.532. The molecule has 1 atom stereocenters. The average Bonchev–Trinajstić information content (AvgIpc) is 2.90. The van der Waals surface area contributed by atoms with Crippen LogP contribution < -0.4 is 5.73 Å². The van der Waals surface area contributed by atoms with Gasteiger partial charge in [0.25, 0.3) is 0 Å². The van der Waals surface area contributed by atoms with Crippen molar-refractivity contribution in [2.45, 2.75) is 12.8 Å². The Hall–Kier alpha value is -1.71. The molecule has 0 saturated carbocycles. The molecule has 1 heterocycles. The SMILES string of the molecule is NCC(Cc1cccc(F)c1)Cc1csc2ccccc12. The lowest BCUT2D eigenvalue weighted by Crippen LogP contribution is -2.19. The number of benzene rings is 2. The van der Waals surface area contributed by atoms with E-state index in [-0.39, 0.29) is 5.82 Å². The Morgan fingerprint density at radius 1 is 1.05 bits per heavy atom. The van der Waals surface area contributed by atoms with Crippen molar-refractivity contribution >= 4 is 21.4 Å². The third-order valence-electron chi connectivity index (χ3n) is 3.82. The Balaban J connectivity index is 1.78. The monoisotopic (exact) mass is 299 g/mol. The molecule has 1 nitrogen and oxygen atoms in total. The first kappa shape index (κ1) is 14.2. The summed E-state index contributed by atoms with van der Waals surface area (Å²) in [6.07, 6.45) is 1.76. The van der Waals surface area contributed by atoms with Crippen molar-refractivity contribution < 1.29 is 4.39 Å². The Kier molecular flexibility index (Phi) is 4.32. The first-order valence-corrected chi connectivity index (χ1v) is 8.04. The number of fused-ring (bicyclic) bond motifs is 1. The van der Waals surface area contributed by atoms with Crippen LogP contribution in [-0.2, 0) is 12.8 Å². The molecule has 108 valence electrons. The molecule has 0 amide bonds. The van der Waals surface area contributed by atoms with Gasteiger partial charge in [0.1, 0.15) is 5.82 Å². The minimum Gasteiger partial charge on any atom is -0.330 e. The zero-order valence-electron chi connectivity index (χ0n) is 11.8. The lowest BCUT2D eigenvalue weighted by Gasteiger charge is -2.14. The zero-order valence-corrected chi connectivity index (χ0v) is 12.6. The fourth-order valence-corrected chi connectivity index (χ4v) is 3.71. The molecular formula is C18H18FNS. The van der Waals surface area contributed by atoms with E-state index in [1.807, 2.05) is 6.07 Å². The topological polar surface area (TPSA) is 26.0 Å². The Morgan fingerprint density at radius 2 is 1.90 bits per heavy atom. The third kappa shape index (κ3) is 3.31. The van der Waals surface area contributed by atoms with Gasteiger partial charge in [0.2, 0.25) is 0 Å². The van der Waals surface area contributed by atoms with E-state index in [0.29, 0.717) is 12.5 Å². The number of nitrogens with two attached hydrogens (primary N) is 1. The van der Waals surface area contributed by atoms with E-state index in [9.17, 15) is 4.39 Å². The second-order valence-electron chi connectivity index (χ2n) is 5.40. The Labute approximate surface area is 128 Å². The van der Waals surface area contributed by atoms with Gasteiger partial charge < -0.3 is 5.73 Å². The van der Waals surface area contributed by atoms with E-state index in [1.54, 1.807) is 23.5 Å². The maximum absolute atomic E-state index is 13.3. The van der Waals surface area contributed by atoms with E-state index in [0.717, 1.165) is 18.4 Å². The first-order chi connectivity index (χ1) is 10.3. The minimum absolute atomic E-state index is 0.177. The second-order valence-corrected chi connectivity index (χ2v) is 6.31. The van der Waals surface area contributed by atoms with Crippen LogP contribution in [0.4, 0.5) is 4.39 Å². The van der Waals surface area contributed by atoms with E-state index >= 15 is 0 Å². The molecule has 0 radical (unpaired) electrons. The van der Waals surface area contributed by atoms with Gasteiger partial charge in [-0.2, -0.15) is 0 Å². The average molecular weight is 299 g/mol. The summed E-state index contributed by atoms with van der Waals surface area (Å²) < 4.78 is 14.6. The van der Waals surface area contributed by atoms with Crippen LogP contribution in [0.2, 0.25) is 0 Å². The normalized spacial score (nSPS) is 12.7. The van der Waals surface area contributed by atoms with Gasteiger partial charge in [-0.3, -0.25) is 0 Å². The highest BCUT2D eigenvalue weighted by Gasteiger charge is 2.12. The predicted octanol–water partition coefficient (Wildman–Crippen LogP) is 4.40. The molecule has 21 heavy (non-hydrogen) atoms. The number of hydrogen-bond donors (Lipinski definition) is 1. The van der Waals surface area contributed by atoms with E-state index in [4.69, 9.17) is 5.73 Å². The van der Waals surface area contributed by atoms with Crippen LogP contribution in [-0.4, -0.2) is 6.54 Å². The van der Waals surface area contributed by atoms with Gasteiger partial charge in [0.05, 0.1) is 0 Å². The van der Waals surface area contributed by atoms with Gasteiger partial charge in [-0.05, 0) is 65.4 Å². The highest BCUT2D eigenvalue weighted by atomic mass is 32.1. The highest BCUT2D eigenvalue weighted by molar-refractivity contribution is 7.17. The molecule has 3 aromatic rings. The quantitative estimate of drug-likeness (QED) is 0.742. The van der Waals surface area contributed by atoms with Crippen molar-refractivity contribution in [1.82, 2.24) is 0 Å². The van der Waals surface area contributed by atoms with Gasteiger partial charge in [0, 0.05) is 4.70 Å². The molecule has 0 fully saturated rings. The van der Waals surface area contributed by atoms with Crippen LogP contribution in [0.25, 0.3) is 10.1 Å². The fraction of sp³-hybridized carbons (Fsp3) is 0.222. The summed E-state index contributed by atoms with van der Waals surface area (Å²) in [4.78, 5) is 0. The van der Waals surface area contributed by atoms with Crippen molar-refractivity contribution in [3.05, 3.63) is 70.9 Å². The van der Waals surface area contributed by atoms with Gasteiger partial charge in [0.15, 0.2) is 0 Å². The Morgan fingerprint density at radius 3 is 2.71 bits per heavy atom. The molecule has 0 aliphatic heterocycles. The summed E-state index contributed by atoms with van der Waals surface area (Å²) in [5.74, 6) is 0.161.